The van der Waals surface area contributed by atoms with Crippen LogP contribution in [0.3, 0.4) is 0 Å². The van der Waals surface area contributed by atoms with Crippen LogP contribution in [0.4, 0.5) is 0 Å². The quantitative estimate of drug-likeness (QED) is 0.940. The van der Waals surface area contributed by atoms with E-state index in [0.29, 0.717) is 0 Å². The summed E-state index contributed by atoms with van der Waals surface area (Å²) in [5, 5.41) is 2.95. The zero-order chi connectivity index (χ0) is 14.2. The van der Waals surface area contributed by atoms with Crippen molar-refractivity contribution in [1.29, 1.82) is 0 Å². The topological polar surface area (TPSA) is 46.9 Å². The monoisotopic (exact) mass is 281 g/mol. The van der Waals surface area contributed by atoms with Crippen LogP contribution in [0.2, 0.25) is 0 Å². The van der Waals surface area contributed by atoms with Crippen LogP contribution < -0.4 is 5.32 Å². The van der Waals surface area contributed by atoms with Crippen LogP contribution >= 0.6 is 0 Å². The predicted molar refractivity (Wildman–Crippen MR) is 81.0 cm³/mol. The number of fused-ring (bicyclic) bond motifs is 1. The molecule has 1 aliphatic carbocycles. The van der Waals surface area contributed by atoms with Crippen LogP contribution in [0.15, 0.2) is 30.6 Å². The number of pyridine rings is 1. The van der Waals surface area contributed by atoms with Crippen molar-refractivity contribution in [3.8, 4) is 11.3 Å². The minimum absolute atomic E-state index is 0.0684. The summed E-state index contributed by atoms with van der Waals surface area (Å²) in [4.78, 5) is 16.2. The molecule has 2 aromatic heterocycles. The normalized spacial score (nSPS) is 18.0. The van der Waals surface area contributed by atoms with E-state index in [1.54, 1.807) is 0 Å². The van der Waals surface area contributed by atoms with Crippen molar-refractivity contribution in [2.45, 2.75) is 32.2 Å². The van der Waals surface area contributed by atoms with E-state index in [1.807, 2.05) is 24.5 Å². The summed E-state index contributed by atoms with van der Waals surface area (Å²) < 4.78 is 2.38. The predicted octanol–water partition coefficient (Wildman–Crippen LogP) is 2.64. The first-order valence-corrected chi connectivity index (χ1v) is 7.74. The Hall–Kier alpha value is -2.10. The zero-order valence-electron chi connectivity index (χ0n) is 12.0. The number of nitrogens with zero attached hydrogens (tertiary/aromatic N) is 2. The largest absolute Gasteiger partial charge is 0.352 e. The maximum Gasteiger partial charge on any atom is 0.253 e. The van der Waals surface area contributed by atoms with Gasteiger partial charge in [-0.2, -0.15) is 0 Å². The van der Waals surface area contributed by atoms with E-state index in [-0.39, 0.29) is 5.91 Å². The Morgan fingerprint density at radius 2 is 2.10 bits per heavy atom. The number of aromatic nitrogens is 2. The molecule has 4 heteroatoms. The Kier molecular flexibility index (Phi) is 3.02. The summed E-state index contributed by atoms with van der Waals surface area (Å²) in [5.41, 5.74) is 4.36. The summed E-state index contributed by atoms with van der Waals surface area (Å²) in [6.45, 7) is 1.79. The summed E-state index contributed by atoms with van der Waals surface area (Å²) in [7, 11) is 0. The van der Waals surface area contributed by atoms with Gasteiger partial charge >= 0.3 is 0 Å². The average Bonchev–Trinajstić information content (AvgIpc) is 2.84. The lowest BCUT2D eigenvalue weighted by Crippen LogP contribution is -2.32. The molecule has 2 aliphatic rings. The third-order valence-electron chi connectivity index (χ3n) is 4.74. The highest BCUT2D eigenvalue weighted by atomic mass is 16.1. The Balaban J connectivity index is 1.82. The van der Waals surface area contributed by atoms with Crippen molar-refractivity contribution in [2.24, 2.45) is 5.92 Å². The number of hydrogen-bond donors (Lipinski definition) is 1. The lowest BCUT2D eigenvalue weighted by atomic mass is 9.85. The third kappa shape index (κ3) is 2.15. The highest BCUT2D eigenvalue weighted by Crippen LogP contribution is 2.33. The second kappa shape index (κ2) is 5.02. The van der Waals surface area contributed by atoms with Crippen molar-refractivity contribution in [1.82, 2.24) is 14.9 Å². The molecule has 1 amide bonds. The highest BCUT2D eigenvalue weighted by molar-refractivity contribution is 5.98. The van der Waals surface area contributed by atoms with E-state index >= 15 is 0 Å². The van der Waals surface area contributed by atoms with E-state index in [9.17, 15) is 4.79 Å². The highest BCUT2D eigenvalue weighted by Gasteiger charge is 2.27. The fraction of sp³-hybridized carbons (Fsp3) is 0.412. The number of amides is 1. The van der Waals surface area contributed by atoms with Gasteiger partial charge in [-0.15, -0.1) is 0 Å². The number of rotatable bonds is 3. The molecule has 108 valence electrons. The molecule has 4 nitrogen and oxygen atoms in total. The van der Waals surface area contributed by atoms with Crippen molar-refractivity contribution < 1.29 is 4.79 Å². The van der Waals surface area contributed by atoms with Crippen LogP contribution in [-0.4, -0.2) is 22.0 Å². The molecule has 4 rings (SSSR count). The summed E-state index contributed by atoms with van der Waals surface area (Å²) in [5.74, 6) is 0.839. The van der Waals surface area contributed by atoms with E-state index in [0.717, 1.165) is 42.2 Å². The van der Waals surface area contributed by atoms with Crippen molar-refractivity contribution >= 4 is 5.91 Å². The zero-order valence-corrected chi connectivity index (χ0v) is 12.0. The fourth-order valence-corrected chi connectivity index (χ4v) is 3.35. The molecule has 1 aliphatic heterocycles. The van der Waals surface area contributed by atoms with E-state index in [4.69, 9.17) is 0 Å². The standard InChI is InChI=1S/C17H19N3O/c21-17-14-10-16(13-4-7-18-8-5-13)20(11-12-2-1-3-12)15(14)6-9-19-17/h4-5,7-8,10,12H,1-3,6,9,11H2,(H,19,21). The first kappa shape index (κ1) is 12.6. The van der Waals surface area contributed by atoms with Gasteiger partial charge in [-0.3, -0.25) is 9.78 Å². The van der Waals surface area contributed by atoms with Gasteiger partial charge in [0.05, 0.1) is 5.56 Å². The lowest BCUT2D eigenvalue weighted by molar-refractivity contribution is 0.0945. The minimum Gasteiger partial charge on any atom is -0.352 e. The number of carbonyl (C=O) groups excluding carboxylic acids is 1. The lowest BCUT2D eigenvalue weighted by Gasteiger charge is -2.28. The second-order valence-electron chi connectivity index (χ2n) is 6.04. The van der Waals surface area contributed by atoms with Crippen LogP contribution in [0, 0.1) is 5.92 Å². The van der Waals surface area contributed by atoms with Gasteiger partial charge in [0.1, 0.15) is 0 Å². The minimum atomic E-state index is 0.0684. The molecule has 0 atom stereocenters. The molecular weight excluding hydrogens is 262 g/mol. The van der Waals surface area contributed by atoms with Gasteiger partial charge in [-0.25, -0.2) is 0 Å². The molecule has 1 fully saturated rings. The smallest absolute Gasteiger partial charge is 0.253 e. The summed E-state index contributed by atoms with van der Waals surface area (Å²) in [6, 6.07) is 6.10. The molecule has 0 spiro atoms. The molecule has 1 saturated carbocycles. The fourth-order valence-electron chi connectivity index (χ4n) is 3.35. The first-order valence-electron chi connectivity index (χ1n) is 7.74. The SMILES string of the molecule is O=C1NCCc2c1cc(-c1ccncc1)n2CC1CCC1. The van der Waals surface area contributed by atoms with Gasteiger partial charge in [0, 0.05) is 48.9 Å². The van der Waals surface area contributed by atoms with E-state index in [1.165, 1.54) is 25.0 Å². The maximum atomic E-state index is 12.1. The van der Waals surface area contributed by atoms with Gasteiger partial charge in [-0.1, -0.05) is 6.42 Å². The number of carbonyl (C=O) groups is 1. The third-order valence-corrected chi connectivity index (χ3v) is 4.74. The van der Waals surface area contributed by atoms with E-state index in [2.05, 4.69) is 20.9 Å². The van der Waals surface area contributed by atoms with Crippen molar-refractivity contribution in [2.75, 3.05) is 6.54 Å². The molecule has 0 aromatic carbocycles. The average molecular weight is 281 g/mol. The van der Waals surface area contributed by atoms with Gasteiger partial charge in [0.15, 0.2) is 0 Å². The molecule has 0 saturated heterocycles. The Bertz CT molecular complexity index is 671. The molecule has 0 bridgehead atoms. The van der Waals surface area contributed by atoms with Crippen LogP contribution in [-0.2, 0) is 13.0 Å². The summed E-state index contributed by atoms with van der Waals surface area (Å²) in [6.07, 6.45) is 8.53. The summed E-state index contributed by atoms with van der Waals surface area (Å²) >= 11 is 0. The molecular formula is C17H19N3O. The Morgan fingerprint density at radius 3 is 2.81 bits per heavy atom. The molecule has 0 unspecified atom stereocenters. The second-order valence-corrected chi connectivity index (χ2v) is 6.04. The number of hydrogen-bond acceptors (Lipinski definition) is 2. The van der Waals surface area contributed by atoms with E-state index < -0.39 is 0 Å². The molecule has 3 heterocycles. The number of nitrogens with one attached hydrogen (secondary N) is 1. The van der Waals surface area contributed by atoms with Gasteiger partial charge < -0.3 is 9.88 Å². The van der Waals surface area contributed by atoms with Crippen molar-refractivity contribution in [3.05, 3.63) is 41.9 Å². The maximum absolute atomic E-state index is 12.1. The molecule has 1 N–H and O–H groups in total. The molecule has 2 aromatic rings. The first-order chi connectivity index (χ1) is 10.3. The Morgan fingerprint density at radius 1 is 1.29 bits per heavy atom. The van der Waals surface area contributed by atoms with Crippen LogP contribution in [0.1, 0.15) is 35.3 Å². The molecule has 0 radical (unpaired) electrons. The van der Waals surface area contributed by atoms with Crippen LogP contribution in [0.5, 0.6) is 0 Å². The van der Waals surface area contributed by atoms with Gasteiger partial charge in [0.2, 0.25) is 0 Å². The van der Waals surface area contributed by atoms with Gasteiger partial charge in [-0.05, 0) is 37.0 Å². The van der Waals surface area contributed by atoms with Crippen LogP contribution in [0.25, 0.3) is 11.3 Å². The van der Waals surface area contributed by atoms with Crippen molar-refractivity contribution in [3.63, 3.8) is 0 Å². The Labute approximate surface area is 124 Å². The molecule has 21 heavy (non-hydrogen) atoms. The van der Waals surface area contributed by atoms with Gasteiger partial charge in [0.25, 0.3) is 5.91 Å².